The third-order valence-corrected chi connectivity index (χ3v) is 4.40. The molecule has 0 bridgehead atoms. The quantitative estimate of drug-likeness (QED) is 0.843. The summed E-state index contributed by atoms with van der Waals surface area (Å²) in [7, 11) is 0. The molecule has 3 heterocycles. The minimum atomic E-state index is 0.601. The second kappa shape index (κ2) is 5.41. The van der Waals surface area contributed by atoms with E-state index in [1.54, 1.807) is 0 Å². The van der Waals surface area contributed by atoms with Gasteiger partial charge in [0.25, 0.3) is 0 Å². The number of H-pyrrole nitrogens is 1. The number of rotatable bonds is 2. The second-order valence-electron chi connectivity index (χ2n) is 5.58. The van der Waals surface area contributed by atoms with Crippen LogP contribution in [0.15, 0.2) is 0 Å². The van der Waals surface area contributed by atoms with Crippen LogP contribution in [-0.4, -0.2) is 36.5 Å². The Balaban J connectivity index is 1.78. The van der Waals surface area contributed by atoms with Gasteiger partial charge in [0.2, 0.25) is 0 Å². The number of piperidine rings is 1. The summed E-state index contributed by atoms with van der Waals surface area (Å²) in [6.45, 7) is 6.26. The summed E-state index contributed by atoms with van der Waals surface area (Å²) in [5, 5.41) is 11.4. The fourth-order valence-corrected chi connectivity index (χ4v) is 3.29. The molecule has 3 rings (SSSR count). The van der Waals surface area contributed by atoms with Crippen LogP contribution in [-0.2, 0) is 4.74 Å². The van der Waals surface area contributed by atoms with Gasteiger partial charge < -0.3 is 10.1 Å². The van der Waals surface area contributed by atoms with Crippen molar-refractivity contribution in [3.05, 3.63) is 17.0 Å². The first-order valence-corrected chi connectivity index (χ1v) is 7.19. The lowest BCUT2D eigenvalue weighted by Crippen LogP contribution is -2.28. The maximum absolute atomic E-state index is 5.44. The van der Waals surface area contributed by atoms with Gasteiger partial charge in [0.05, 0.1) is 5.69 Å². The molecular weight excluding hydrogens is 226 g/mol. The molecule has 100 valence electrons. The molecule has 4 heteroatoms. The minimum absolute atomic E-state index is 0.601. The molecule has 2 N–H and O–H groups in total. The zero-order valence-electron chi connectivity index (χ0n) is 11.2. The first-order valence-electron chi connectivity index (χ1n) is 7.19. The molecule has 0 aromatic carbocycles. The number of nitrogens with zero attached hydrogens (tertiary/aromatic N) is 1. The maximum atomic E-state index is 5.44. The second-order valence-corrected chi connectivity index (χ2v) is 5.58. The van der Waals surface area contributed by atoms with E-state index in [1.807, 2.05) is 0 Å². The lowest BCUT2D eigenvalue weighted by molar-refractivity contribution is 0.0844. The highest BCUT2D eigenvalue weighted by molar-refractivity contribution is 5.30. The first kappa shape index (κ1) is 12.2. The Morgan fingerprint density at radius 1 is 1.17 bits per heavy atom. The minimum Gasteiger partial charge on any atom is -0.381 e. The van der Waals surface area contributed by atoms with E-state index >= 15 is 0 Å². The normalized spacial score (nSPS) is 26.4. The fourth-order valence-electron chi connectivity index (χ4n) is 3.29. The number of hydrogen-bond donors (Lipinski definition) is 2. The monoisotopic (exact) mass is 249 g/mol. The molecule has 0 radical (unpaired) electrons. The molecule has 1 aromatic heterocycles. The van der Waals surface area contributed by atoms with Gasteiger partial charge in [-0.2, -0.15) is 5.10 Å². The first-order chi connectivity index (χ1) is 8.86. The molecule has 0 aliphatic carbocycles. The largest absolute Gasteiger partial charge is 0.381 e. The molecule has 2 aliphatic heterocycles. The van der Waals surface area contributed by atoms with E-state index < -0.39 is 0 Å². The van der Waals surface area contributed by atoms with Crippen molar-refractivity contribution in [1.29, 1.82) is 0 Å². The molecular formula is C14H23N3O. The van der Waals surface area contributed by atoms with Gasteiger partial charge in [-0.15, -0.1) is 0 Å². The number of ether oxygens (including phenoxy) is 1. The van der Waals surface area contributed by atoms with Gasteiger partial charge in [0.1, 0.15) is 0 Å². The Labute approximate surface area is 108 Å². The topological polar surface area (TPSA) is 49.9 Å². The van der Waals surface area contributed by atoms with Crippen molar-refractivity contribution in [3.63, 3.8) is 0 Å². The Hall–Kier alpha value is -0.870. The molecule has 1 atom stereocenters. The SMILES string of the molecule is Cc1c(C2CCCNC2)n[nH]c1C1CCOCC1. The van der Waals surface area contributed by atoms with Crippen molar-refractivity contribution in [1.82, 2.24) is 15.5 Å². The third kappa shape index (κ3) is 2.31. The van der Waals surface area contributed by atoms with Gasteiger partial charge in [0, 0.05) is 37.3 Å². The molecule has 2 aliphatic rings. The lowest BCUT2D eigenvalue weighted by Gasteiger charge is -2.23. The molecule has 1 aromatic rings. The summed E-state index contributed by atoms with van der Waals surface area (Å²) in [5.74, 6) is 1.22. The molecule has 18 heavy (non-hydrogen) atoms. The van der Waals surface area contributed by atoms with Gasteiger partial charge in [-0.1, -0.05) is 0 Å². The third-order valence-electron chi connectivity index (χ3n) is 4.40. The standard InChI is InChI=1S/C14H23N3O/c1-10-13(11-4-7-18-8-5-11)16-17-14(10)12-3-2-6-15-9-12/h11-12,15H,2-9H2,1H3,(H,16,17). The van der Waals surface area contributed by atoms with Gasteiger partial charge in [-0.05, 0) is 44.7 Å². The molecule has 0 spiro atoms. The van der Waals surface area contributed by atoms with Crippen LogP contribution in [0.4, 0.5) is 0 Å². The van der Waals surface area contributed by atoms with Crippen molar-refractivity contribution in [3.8, 4) is 0 Å². The lowest BCUT2D eigenvalue weighted by atomic mass is 9.89. The van der Waals surface area contributed by atoms with Crippen LogP contribution in [0, 0.1) is 6.92 Å². The predicted molar refractivity (Wildman–Crippen MR) is 71.0 cm³/mol. The summed E-state index contributed by atoms with van der Waals surface area (Å²) < 4.78 is 5.44. The maximum Gasteiger partial charge on any atom is 0.0697 e. The summed E-state index contributed by atoms with van der Waals surface area (Å²) in [5.41, 5.74) is 4.05. The van der Waals surface area contributed by atoms with E-state index in [0.29, 0.717) is 11.8 Å². The van der Waals surface area contributed by atoms with Crippen LogP contribution in [0.25, 0.3) is 0 Å². The van der Waals surface area contributed by atoms with Gasteiger partial charge >= 0.3 is 0 Å². The highest BCUT2D eigenvalue weighted by Gasteiger charge is 2.25. The molecule has 1 unspecified atom stereocenters. The Kier molecular flexibility index (Phi) is 3.66. The number of nitrogens with one attached hydrogen (secondary N) is 2. The van der Waals surface area contributed by atoms with Crippen molar-refractivity contribution in [2.45, 2.75) is 44.4 Å². The van der Waals surface area contributed by atoms with Crippen LogP contribution in [0.2, 0.25) is 0 Å². The van der Waals surface area contributed by atoms with Crippen LogP contribution in [0.3, 0.4) is 0 Å². The average Bonchev–Trinajstić information content (AvgIpc) is 2.83. The van der Waals surface area contributed by atoms with Crippen molar-refractivity contribution in [2.24, 2.45) is 0 Å². The summed E-state index contributed by atoms with van der Waals surface area (Å²) in [4.78, 5) is 0. The van der Waals surface area contributed by atoms with E-state index in [2.05, 4.69) is 22.4 Å². The Morgan fingerprint density at radius 3 is 2.72 bits per heavy atom. The molecule has 0 amide bonds. The summed E-state index contributed by atoms with van der Waals surface area (Å²) in [6, 6.07) is 0. The summed E-state index contributed by atoms with van der Waals surface area (Å²) in [6.07, 6.45) is 4.80. The van der Waals surface area contributed by atoms with Crippen LogP contribution in [0.1, 0.15) is 54.5 Å². The van der Waals surface area contributed by atoms with Gasteiger partial charge in [-0.3, -0.25) is 5.10 Å². The highest BCUT2D eigenvalue weighted by Crippen LogP contribution is 2.32. The number of aromatic amines is 1. The van der Waals surface area contributed by atoms with Crippen molar-refractivity contribution < 1.29 is 4.74 Å². The molecule has 4 nitrogen and oxygen atoms in total. The highest BCUT2D eigenvalue weighted by atomic mass is 16.5. The van der Waals surface area contributed by atoms with Crippen molar-refractivity contribution in [2.75, 3.05) is 26.3 Å². The number of aromatic nitrogens is 2. The van der Waals surface area contributed by atoms with Crippen LogP contribution in [0.5, 0.6) is 0 Å². The van der Waals surface area contributed by atoms with Crippen LogP contribution >= 0.6 is 0 Å². The van der Waals surface area contributed by atoms with E-state index in [-0.39, 0.29) is 0 Å². The molecule has 2 fully saturated rings. The van der Waals surface area contributed by atoms with E-state index in [4.69, 9.17) is 4.74 Å². The molecule has 2 saturated heterocycles. The van der Waals surface area contributed by atoms with Gasteiger partial charge in [-0.25, -0.2) is 0 Å². The summed E-state index contributed by atoms with van der Waals surface area (Å²) >= 11 is 0. The molecule has 0 saturated carbocycles. The smallest absolute Gasteiger partial charge is 0.0697 e. The van der Waals surface area contributed by atoms with Crippen molar-refractivity contribution >= 4 is 0 Å². The zero-order valence-corrected chi connectivity index (χ0v) is 11.2. The zero-order chi connectivity index (χ0) is 12.4. The van der Waals surface area contributed by atoms with E-state index in [0.717, 1.165) is 39.1 Å². The fraction of sp³-hybridized carbons (Fsp3) is 0.786. The van der Waals surface area contributed by atoms with E-state index in [1.165, 1.54) is 29.8 Å². The Bertz CT molecular complexity index is 354. The van der Waals surface area contributed by atoms with Gasteiger partial charge in [0.15, 0.2) is 0 Å². The average molecular weight is 249 g/mol. The Morgan fingerprint density at radius 2 is 2.00 bits per heavy atom. The predicted octanol–water partition coefficient (Wildman–Crippen LogP) is 2.08. The van der Waals surface area contributed by atoms with Crippen LogP contribution < -0.4 is 5.32 Å². The number of hydrogen-bond acceptors (Lipinski definition) is 3. The van der Waals surface area contributed by atoms with E-state index in [9.17, 15) is 0 Å².